The second-order valence-corrected chi connectivity index (χ2v) is 18.4. The molecule has 0 aromatic carbocycles. The predicted octanol–water partition coefficient (Wildman–Crippen LogP) is 5.77. The third-order valence-electron chi connectivity index (χ3n) is 9.99. The van der Waals surface area contributed by atoms with E-state index in [0.717, 1.165) is 11.1 Å². The van der Waals surface area contributed by atoms with E-state index in [2.05, 4.69) is 41.5 Å². The van der Waals surface area contributed by atoms with Gasteiger partial charge in [-0.1, -0.05) is 61.0 Å². The van der Waals surface area contributed by atoms with E-state index >= 15 is 0 Å². The molecule has 6 nitrogen and oxygen atoms in total. The second kappa shape index (κ2) is 10.1. The number of ether oxygens (including phenoxy) is 1. The van der Waals surface area contributed by atoms with E-state index in [0.29, 0.717) is 25.7 Å². The zero-order chi connectivity index (χ0) is 27.4. The van der Waals surface area contributed by atoms with Gasteiger partial charge >= 0.3 is 5.97 Å². The summed E-state index contributed by atoms with van der Waals surface area (Å²) in [6, 6.07) is 0. The maximum Gasteiger partial charge on any atom is 0.320 e. The number of hydrogen-bond acceptors (Lipinski definition) is 6. The zero-order valence-corrected chi connectivity index (χ0v) is 25.1. The van der Waals surface area contributed by atoms with Crippen molar-refractivity contribution < 1.29 is 28.7 Å². The number of carbonyl (C=O) groups is 3. The summed E-state index contributed by atoms with van der Waals surface area (Å²) in [5, 5.41) is 11.2. The van der Waals surface area contributed by atoms with Crippen molar-refractivity contribution in [3.05, 3.63) is 11.1 Å². The number of ketones is 2. The van der Waals surface area contributed by atoms with Crippen LogP contribution in [-0.4, -0.2) is 50.3 Å². The maximum absolute atomic E-state index is 14.9. The smallest absolute Gasteiger partial charge is 0.320 e. The normalized spacial score (nSPS) is 33.1. The van der Waals surface area contributed by atoms with Crippen molar-refractivity contribution in [2.75, 3.05) is 7.11 Å². The van der Waals surface area contributed by atoms with Gasteiger partial charge in [-0.3, -0.25) is 14.4 Å². The van der Waals surface area contributed by atoms with Gasteiger partial charge in [0, 0.05) is 5.92 Å². The Labute approximate surface area is 218 Å². The minimum Gasteiger partial charge on any atom is -0.468 e. The van der Waals surface area contributed by atoms with E-state index in [4.69, 9.17) is 9.16 Å². The van der Waals surface area contributed by atoms with Crippen LogP contribution in [0.3, 0.4) is 0 Å². The number of hydrogen-bond donors (Lipinski definition) is 1. The zero-order valence-electron chi connectivity index (χ0n) is 24.1. The average Bonchev–Trinajstić information content (AvgIpc) is 2.77. The van der Waals surface area contributed by atoms with Crippen molar-refractivity contribution in [2.45, 2.75) is 123 Å². The molecule has 0 aromatic rings. The molecule has 0 spiro atoms. The molecule has 3 rings (SSSR count). The van der Waals surface area contributed by atoms with Crippen LogP contribution in [0.25, 0.3) is 0 Å². The lowest BCUT2D eigenvalue weighted by molar-refractivity contribution is -0.180. The lowest BCUT2D eigenvalue weighted by Gasteiger charge is -2.55. The molecular weight excluding hydrogens is 472 g/mol. The molecule has 0 unspecified atom stereocenters. The molecule has 2 fully saturated rings. The fourth-order valence-corrected chi connectivity index (χ4v) is 13.9. The van der Waals surface area contributed by atoms with Gasteiger partial charge < -0.3 is 14.3 Å². The Balaban J connectivity index is 2.39. The van der Waals surface area contributed by atoms with Gasteiger partial charge in [-0.15, -0.1) is 0 Å². The number of esters is 1. The minimum absolute atomic E-state index is 0.172. The van der Waals surface area contributed by atoms with E-state index in [-0.39, 0.29) is 34.6 Å². The fraction of sp³-hybridized carbons (Fsp3) is 0.828. The lowest BCUT2D eigenvalue weighted by atomic mass is 9.50. The number of carbonyl (C=O) groups excluding carboxylic acids is 3. The molecule has 2 saturated carbocycles. The standard InChI is InChI=1S/C29H48O6Si/c1-16(2)36(17(3)4,18(5)6)35-25-22-19(7)13-14-20(28(22,8)9)24(31)23-21(30)12-11-15-29(23,26(25)32)27(33)34-10/h16-18,20-21,23,25,30H,11-15H2,1-10H3/t20-,21-,23+,25-,29-/m0/s1. The first-order valence-corrected chi connectivity index (χ1v) is 16.0. The molecule has 0 radical (unpaired) electrons. The molecule has 2 bridgehead atoms. The molecule has 3 aliphatic carbocycles. The summed E-state index contributed by atoms with van der Waals surface area (Å²) in [6.07, 6.45) is 0.435. The van der Waals surface area contributed by atoms with Crippen LogP contribution in [0, 0.1) is 22.7 Å². The van der Waals surface area contributed by atoms with E-state index in [1.165, 1.54) is 7.11 Å². The van der Waals surface area contributed by atoms with Gasteiger partial charge in [0.1, 0.15) is 17.3 Å². The number of Topliss-reactive ketones (excluding diaryl/α,β-unsaturated/α-hetero) is 2. The monoisotopic (exact) mass is 520 g/mol. The van der Waals surface area contributed by atoms with Crippen LogP contribution in [0.2, 0.25) is 16.6 Å². The van der Waals surface area contributed by atoms with Gasteiger partial charge in [0.25, 0.3) is 0 Å². The van der Waals surface area contributed by atoms with Gasteiger partial charge in [0.15, 0.2) is 5.78 Å². The minimum atomic E-state index is -2.57. The number of aliphatic hydroxyl groups excluding tert-OH is 1. The van der Waals surface area contributed by atoms with Crippen molar-refractivity contribution >= 4 is 25.9 Å². The quantitative estimate of drug-likeness (QED) is 0.207. The van der Waals surface area contributed by atoms with Crippen LogP contribution >= 0.6 is 0 Å². The van der Waals surface area contributed by atoms with Gasteiger partial charge in [-0.05, 0) is 66.6 Å². The van der Waals surface area contributed by atoms with Crippen LogP contribution in [0.5, 0.6) is 0 Å². The summed E-state index contributed by atoms with van der Waals surface area (Å²) in [5.41, 5.74) is 0.322. The van der Waals surface area contributed by atoms with Crippen LogP contribution in [0.4, 0.5) is 0 Å². The summed E-state index contributed by atoms with van der Waals surface area (Å²) in [5.74, 6) is -2.76. The predicted molar refractivity (Wildman–Crippen MR) is 143 cm³/mol. The Hall–Kier alpha value is -1.31. The summed E-state index contributed by atoms with van der Waals surface area (Å²) < 4.78 is 12.5. The van der Waals surface area contributed by atoms with Gasteiger partial charge in [-0.25, -0.2) is 0 Å². The molecule has 7 heteroatoms. The topological polar surface area (TPSA) is 89.9 Å². The Bertz CT molecular complexity index is 910. The Morgan fingerprint density at radius 3 is 2.08 bits per heavy atom. The molecule has 0 aromatic heterocycles. The van der Waals surface area contributed by atoms with Crippen LogP contribution in [0.1, 0.15) is 94.4 Å². The number of allylic oxidation sites excluding steroid dienone is 1. The number of rotatable bonds is 6. The van der Waals surface area contributed by atoms with Gasteiger partial charge in [0.05, 0.1) is 19.1 Å². The summed E-state index contributed by atoms with van der Waals surface area (Å²) in [7, 11) is -1.30. The number of fused-ring (bicyclic) bond motifs is 3. The Morgan fingerprint density at radius 2 is 1.58 bits per heavy atom. The Morgan fingerprint density at radius 1 is 1.03 bits per heavy atom. The van der Waals surface area contributed by atoms with Gasteiger partial charge in [-0.2, -0.15) is 0 Å². The maximum atomic E-state index is 14.9. The second-order valence-electron chi connectivity index (χ2n) is 13.0. The van der Waals surface area contributed by atoms with Crippen LogP contribution in [-0.2, 0) is 23.5 Å². The largest absolute Gasteiger partial charge is 0.468 e. The fourth-order valence-electron chi connectivity index (χ4n) is 8.42. The van der Waals surface area contributed by atoms with E-state index in [1.807, 2.05) is 20.8 Å². The molecule has 0 amide bonds. The summed E-state index contributed by atoms with van der Waals surface area (Å²) in [6.45, 7) is 19.2. The molecule has 0 aliphatic heterocycles. The summed E-state index contributed by atoms with van der Waals surface area (Å²) in [4.78, 5) is 42.7. The van der Waals surface area contributed by atoms with Crippen LogP contribution < -0.4 is 0 Å². The molecule has 0 saturated heterocycles. The van der Waals surface area contributed by atoms with E-state index < -0.39 is 49.2 Å². The summed E-state index contributed by atoms with van der Waals surface area (Å²) >= 11 is 0. The third kappa shape index (κ3) is 4.08. The highest BCUT2D eigenvalue weighted by molar-refractivity contribution is 6.77. The molecule has 0 heterocycles. The van der Waals surface area contributed by atoms with Crippen molar-refractivity contribution in [1.29, 1.82) is 0 Å². The highest BCUT2D eigenvalue weighted by Crippen LogP contribution is 2.57. The highest BCUT2D eigenvalue weighted by atomic mass is 28.4. The van der Waals surface area contributed by atoms with E-state index in [9.17, 15) is 19.5 Å². The van der Waals surface area contributed by atoms with E-state index in [1.54, 1.807) is 0 Å². The molecule has 36 heavy (non-hydrogen) atoms. The molecular formula is C29H48O6Si. The van der Waals surface area contributed by atoms with Crippen molar-refractivity contribution in [3.63, 3.8) is 0 Å². The first kappa shape index (κ1) is 29.2. The SMILES string of the molecule is COC(=O)[C@@]12CCC[C@H](O)[C@@H]1C(=O)[C@@H]1CCC(C)=C([C@H](O[Si](C(C)C)(C(C)C)C(C)C)C2=O)C1(C)C. The molecule has 204 valence electrons. The van der Waals surface area contributed by atoms with Crippen molar-refractivity contribution in [2.24, 2.45) is 22.7 Å². The number of methoxy groups -OCH3 is 1. The van der Waals surface area contributed by atoms with Crippen molar-refractivity contribution in [1.82, 2.24) is 0 Å². The Kier molecular flexibility index (Phi) is 8.21. The average molecular weight is 521 g/mol. The first-order chi connectivity index (χ1) is 16.6. The molecule has 3 aliphatic rings. The number of aliphatic hydroxyl groups is 1. The third-order valence-corrected chi connectivity index (χ3v) is 16.0. The van der Waals surface area contributed by atoms with Gasteiger partial charge in [0.2, 0.25) is 8.32 Å². The lowest BCUT2D eigenvalue weighted by Crippen LogP contribution is -2.65. The highest BCUT2D eigenvalue weighted by Gasteiger charge is 2.67. The van der Waals surface area contributed by atoms with Crippen LogP contribution in [0.15, 0.2) is 11.1 Å². The first-order valence-electron chi connectivity index (χ1n) is 13.8. The molecule has 1 N–H and O–H groups in total. The van der Waals surface area contributed by atoms with Crippen molar-refractivity contribution in [3.8, 4) is 0 Å². The molecule has 5 atom stereocenters.